The van der Waals surface area contributed by atoms with Crippen LogP contribution in [0.1, 0.15) is 41.0 Å². The number of hydrogen-bond acceptors (Lipinski definition) is 3. The van der Waals surface area contributed by atoms with Crippen molar-refractivity contribution in [2.45, 2.75) is 32.4 Å². The van der Waals surface area contributed by atoms with Crippen LogP contribution in [0.15, 0.2) is 85.2 Å². The van der Waals surface area contributed by atoms with E-state index in [0.29, 0.717) is 17.3 Å². The van der Waals surface area contributed by atoms with E-state index in [1.165, 1.54) is 6.07 Å². The molecule has 188 valence electrons. The maximum atomic E-state index is 14.8. The molecule has 1 aliphatic rings. The topological polar surface area (TPSA) is 62.2 Å². The first-order chi connectivity index (χ1) is 17.9. The van der Waals surface area contributed by atoms with E-state index >= 15 is 0 Å². The quantitative estimate of drug-likeness (QED) is 0.314. The van der Waals surface area contributed by atoms with E-state index in [2.05, 4.69) is 15.6 Å². The van der Waals surface area contributed by atoms with E-state index in [4.69, 9.17) is 12.2 Å². The third-order valence-electron chi connectivity index (χ3n) is 6.64. The number of thiocarbonyl (C=S) groups is 1. The standard InChI is InChI=1S/C29H28FN5OS/c1-19-12-13-20(2)23(18-19)32-26(36)14-17-35-28(27(33-29(35)37)22-9-5-6-15-31-22)25-11-7-16-34(25)24-10-4-3-8-21(24)30/h3-13,15-16,18,27-28H,14,17H2,1-2H3,(H,32,36)(H,33,37)/t27-,28+/m1/s1. The first-order valence-electron chi connectivity index (χ1n) is 12.2. The van der Waals surface area contributed by atoms with Crippen molar-refractivity contribution in [1.82, 2.24) is 19.8 Å². The largest absolute Gasteiger partial charge is 0.352 e. The van der Waals surface area contributed by atoms with Gasteiger partial charge >= 0.3 is 0 Å². The monoisotopic (exact) mass is 513 g/mol. The number of pyridine rings is 1. The van der Waals surface area contributed by atoms with E-state index in [1.54, 1.807) is 18.3 Å². The number of carbonyl (C=O) groups excluding carboxylic acids is 1. The maximum absolute atomic E-state index is 14.8. The van der Waals surface area contributed by atoms with E-state index in [9.17, 15) is 9.18 Å². The van der Waals surface area contributed by atoms with Gasteiger partial charge < -0.3 is 20.1 Å². The minimum atomic E-state index is -0.317. The van der Waals surface area contributed by atoms with Gasteiger partial charge in [0.2, 0.25) is 5.91 Å². The molecule has 8 heteroatoms. The molecule has 2 N–H and O–H groups in total. The molecule has 0 spiro atoms. The Balaban J connectivity index is 1.45. The van der Waals surface area contributed by atoms with E-state index in [1.807, 2.05) is 84.1 Å². The number of carbonyl (C=O) groups is 1. The fourth-order valence-electron chi connectivity index (χ4n) is 4.77. The predicted octanol–water partition coefficient (Wildman–Crippen LogP) is 5.63. The van der Waals surface area contributed by atoms with Crippen molar-refractivity contribution in [2.75, 3.05) is 11.9 Å². The fraction of sp³-hybridized carbons (Fsp3) is 0.207. The highest BCUT2D eigenvalue weighted by atomic mass is 32.1. The third-order valence-corrected chi connectivity index (χ3v) is 6.99. The van der Waals surface area contributed by atoms with Crippen LogP contribution in [-0.4, -0.2) is 32.0 Å². The van der Waals surface area contributed by atoms with Crippen molar-refractivity contribution in [2.24, 2.45) is 0 Å². The summed E-state index contributed by atoms with van der Waals surface area (Å²) in [4.78, 5) is 19.5. The zero-order valence-electron chi connectivity index (χ0n) is 20.7. The summed E-state index contributed by atoms with van der Waals surface area (Å²) in [5.74, 6) is -0.414. The van der Waals surface area contributed by atoms with Gasteiger partial charge in [-0.1, -0.05) is 30.3 Å². The number of aromatic nitrogens is 2. The van der Waals surface area contributed by atoms with Crippen LogP contribution in [-0.2, 0) is 4.79 Å². The molecule has 0 saturated carbocycles. The van der Waals surface area contributed by atoms with Gasteiger partial charge in [0.15, 0.2) is 5.11 Å². The number of amides is 1. The highest BCUT2D eigenvalue weighted by Crippen LogP contribution is 2.39. The highest BCUT2D eigenvalue weighted by Gasteiger charge is 2.41. The molecule has 6 nitrogen and oxygen atoms in total. The normalized spacial score (nSPS) is 17.1. The molecule has 3 heterocycles. The van der Waals surface area contributed by atoms with Crippen LogP contribution in [0.5, 0.6) is 0 Å². The van der Waals surface area contributed by atoms with Gasteiger partial charge in [-0.2, -0.15) is 0 Å². The summed E-state index contributed by atoms with van der Waals surface area (Å²) >= 11 is 5.75. The molecule has 2 aromatic heterocycles. The molecule has 37 heavy (non-hydrogen) atoms. The van der Waals surface area contributed by atoms with Crippen molar-refractivity contribution in [3.05, 3.63) is 114 Å². The lowest BCUT2D eigenvalue weighted by atomic mass is 10.0. The second kappa shape index (κ2) is 10.5. The van der Waals surface area contributed by atoms with Crippen molar-refractivity contribution >= 4 is 28.9 Å². The van der Waals surface area contributed by atoms with Crippen LogP contribution < -0.4 is 10.6 Å². The van der Waals surface area contributed by atoms with Crippen LogP contribution in [0.2, 0.25) is 0 Å². The average Bonchev–Trinajstić information content (AvgIpc) is 3.50. The summed E-state index contributed by atoms with van der Waals surface area (Å²) in [6, 6.07) is 21.7. The Morgan fingerprint density at radius 2 is 1.89 bits per heavy atom. The van der Waals surface area contributed by atoms with E-state index in [-0.39, 0.29) is 30.2 Å². The minimum Gasteiger partial charge on any atom is -0.352 e. The van der Waals surface area contributed by atoms with Crippen LogP contribution in [0, 0.1) is 19.7 Å². The number of anilines is 1. The number of rotatable bonds is 7. The van der Waals surface area contributed by atoms with Gasteiger partial charge in [-0.15, -0.1) is 0 Å². The number of nitrogens with zero attached hydrogens (tertiary/aromatic N) is 3. The Morgan fingerprint density at radius 3 is 2.68 bits per heavy atom. The van der Waals surface area contributed by atoms with Crippen molar-refractivity contribution in [1.29, 1.82) is 0 Å². The smallest absolute Gasteiger partial charge is 0.226 e. The summed E-state index contributed by atoms with van der Waals surface area (Å²) in [7, 11) is 0. The van der Waals surface area contributed by atoms with Crippen molar-refractivity contribution in [3.8, 4) is 5.69 Å². The van der Waals surface area contributed by atoms with Gasteiger partial charge in [0.25, 0.3) is 0 Å². The van der Waals surface area contributed by atoms with Gasteiger partial charge in [-0.25, -0.2) is 4.39 Å². The van der Waals surface area contributed by atoms with Crippen LogP contribution in [0.25, 0.3) is 5.69 Å². The average molecular weight is 514 g/mol. The van der Waals surface area contributed by atoms with Gasteiger partial charge in [0.05, 0.1) is 23.5 Å². The number of halogens is 1. The maximum Gasteiger partial charge on any atom is 0.226 e. The Hall–Kier alpha value is -4.04. The molecule has 2 aromatic carbocycles. The van der Waals surface area contributed by atoms with Crippen LogP contribution in [0.4, 0.5) is 10.1 Å². The molecule has 0 unspecified atom stereocenters. The summed E-state index contributed by atoms with van der Waals surface area (Å²) < 4.78 is 16.6. The SMILES string of the molecule is Cc1ccc(C)c(NC(=O)CCN2C(=S)N[C@H](c3ccccn3)[C@@H]2c2cccn2-c2ccccc2F)c1. The minimum absolute atomic E-state index is 0.0963. The lowest BCUT2D eigenvalue weighted by molar-refractivity contribution is -0.116. The molecular formula is C29H28FN5OS. The molecule has 0 bridgehead atoms. The number of aryl methyl sites for hydroxylation is 2. The van der Waals surface area contributed by atoms with Gasteiger partial charge in [-0.05, 0) is 79.7 Å². The Bertz CT molecular complexity index is 1440. The zero-order valence-corrected chi connectivity index (χ0v) is 21.5. The molecule has 4 aromatic rings. The van der Waals surface area contributed by atoms with Crippen LogP contribution >= 0.6 is 12.2 Å². The summed E-state index contributed by atoms with van der Waals surface area (Å²) in [6.07, 6.45) is 3.82. The first kappa shape index (κ1) is 24.6. The van der Waals surface area contributed by atoms with Gasteiger partial charge in [0.1, 0.15) is 5.82 Å². The molecule has 1 fully saturated rings. The second-order valence-electron chi connectivity index (χ2n) is 9.19. The van der Waals surface area contributed by atoms with E-state index < -0.39 is 0 Å². The zero-order chi connectivity index (χ0) is 25.9. The Kier molecular flexibility index (Phi) is 7.01. The lowest BCUT2D eigenvalue weighted by Crippen LogP contribution is -2.33. The predicted molar refractivity (Wildman–Crippen MR) is 147 cm³/mol. The highest BCUT2D eigenvalue weighted by molar-refractivity contribution is 7.80. The second-order valence-corrected chi connectivity index (χ2v) is 9.58. The Morgan fingerprint density at radius 1 is 1.08 bits per heavy atom. The molecule has 1 amide bonds. The molecule has 1 saturated heterocycles. The first-order valence-corrected chi connectivity index (χ1v) is 12.6. The Labute approximate surface area is 221 Å². The van der Waals surface area contributed by atoms with E-state index in [0.717, 1.165) is 28.2 Å². The molecular weight excluding hydrogens is 485 g/mol. The van der Waals surface area contributed by atoms with Gasteiger partial charge in [0, 0.05) is 36.7 Å². The van der Waals surface area contributed by atoms with Crippen molar-refractivity contribution in [3.63, 3.8) is 0 Å². The van der Waals surface area contributed by atoms with Crippen molar-refractivity contribution < 1.29 is 9.18 Å². The summed E-state index contributed by atoms with van der Waals surface area (Å²) in [5, 5.41) is 6.96. The van der Waals surface area contributed by atoms with Crippen LogP contribution in [0.3, 0.4) is 0 Å². The number of benzene rings is 2. The lowest BCUT2D eigenvalue weighted by Gasteiger charge is -2.29. The molecule has 1 aliphatic heterocycles. The molecule has 0 aliphatic carbocycles. The molecule has 0 radical (unpaired) electrons. The van der Waals surface area contributed by atoms with Gasteiger partial charge in [-0.3, -0.25) is 9.78 Å². The summed E-state index contributed by atoms with van der Waals surface area (Å²) in [5.41, 5.74) is 5.02. The number of hydrogen-bond donors (Lipinski definition) is 2. The number of para-hydroxylation sites is 1. The summed E-state index contributed by atoms with van der Waals surface area (Å²) in [6.45, 7) is 4.36. The number of nitrogens with one attached hydrogen (secondary N) is 2. The third kappa shape index (κ3) is 5.11. The molecule has 5 rings (SSSR count). The molecule has 2 atom stereocenters. The fourth-order valence-corrected chi connectivity index (χ4v) is 5.11.